The number of hydrogen-bond acceptors (Lipinski definition) is 6. The number of ether oxygens (including phenoxy) is 1. The number of hydrogen-bond donors (Lipinski definition) is 1. The number of carbonyl (C=O) groups excluding carboxylic acids is 1. The smallest absolute Gasteiger partial charge is 0.333 e. The molecule has 33 heavy (non-hydrogen) atoms. The number of aromatic nitrogens is 4. The number of benzene rings is 2. The van der Waals surface area contributed by atoms with Crippen LogP contribution < -0.4 is 21.3 Å². The van der Waals surface area contributed by atoms with Crippen molar-refractivity contribution < 1.29 is 9.53 Å². The van der Waals surface area contributed by atoms with E-state index in [1.165, 1.54) is 19.5 Å². The number of methoxy groups -OCH3 is 1. The molecule has 4 rings (SSSR count). The van der Waals surface area contributed by atoms with Crippen molar-refractivity contribution >= 4 is 34.4 Å². The predicted molar refractivity (Wildman–Crippen MR) is 125 cm³/mol. The first-order chi connectivity index (χ1) is 15.9. The van der Waals surface area contributed by atoms with Crippen molar-refractivity contribution in [3.05, 3.63) is 91.8 Å². The SMILES string of the molecule is COc1cccc(Cn2c(=O)c3nccnc3n(CC(=O)Nc3ccc(C)c(Cl)c3)c2=O)c1. The van der Waals surface area contributed by atoms with Crippen molar-refractivity contribution in [2.75, 3.05) is 12.4 Å². The van der Waals surface area contributed by atoms with Gasteiger partial charge in [0.1, 0.15) is 12.3 Å². The molecule has 0 aliphatic carbocycles. The quantitative estimate of drug-likeness (QED) is 0.469. The predicted octanol–water partition coefficient (Wildman–Crippen LogP) is 2.61. The second kappa shape index (κ2) is 9.25. The highest BCUT2D eigenvalue weighted by Crippen LogP contribution is 2.20. The first-order valence-corrected chi connectivity index (χ1v) is 10.4. The lowest BCUT2D eigenvalue weighted by atomic mass is 10.2. The van der Waals surface area contributed by atoms with Crippen LogP contribution in [0.25, 0.3) is 11.2 Å². The molecule has 0 aliphatic rings. The Balaban J connectivity index is 1.74. The zero-order valence-electron chi connectivity index (χ0n) is 17.9. The summed E-state index contributed by atoms with van der Waals surface area (Å²) in [5.74, 6) is 0.119. The van der Waals surface area contributed by atoms with Crippen LogP contribution in [0.5, 0.6) is 5.75 Å². The van der Waals surface area contributed by atoms with E-state index in [1.807, 2.05) is 6.92 Å². The van der Waals surface area contributed by atoms with Gasteiger partial charge in [0.25, 0.3) is 5.56 Å². The largest absolute Gasteiger partial charge is 0.497 e. The Labute approximate surface area is 193 Å². The van der Waals surface area contributed by atoms with E-state index in [2.05, 4.69) is 15.3 Å². The first kappa shape index (κ1) is 22.2. The van der Waals surface area contributed by atoms with Crippen LogP contribution in [0.3, 0.4) is 0 Å². The highest BCUT2D eigenvalue weighted by atomic mass is 35.5. The summed E-state index contributed by atoms with van der Waals surface area (Å²) in [6.45, 7) is 1.47. The monoisotopic (exact) mass is 465 g/mol. The van der Waals surface area contributed by atoms with E-state index in [4.69, 9.17) is 16.3 Å². The van der Waals surface area contributed by atoms with E-state index < -0.39 is 17.2 Å². The number of fused-ring (bicyclic) bond motifs is 1. The van der Waals surface area contributed by atoms with Crippen molar-refractivity contribution in [1.29, 1.82) is 0 Å². The van der Waals surface area contributed by atoms with Crippen LogP contribution in [-0.2, 0) is 17.9 Å². The van der Waals surface area contributed by atoms with Crippen LogP contribution >= 0.6 is 11.6 Å². The minimum absolute atomic E-state index is 0.00817. The van der Waals surface area contributed by atoms with E-state index in [9.17, 15) is 14.4 Å². The zero-order valence-corrected chi connectivity index (χ0v) is 18.7. The van der Waals surface area contributed by atoms with Crippen LogP contribution in [-0.4, -0.2) is 32.1 Å². The fourth-order valence-corrected chi connectivity index (χ4v) is 3.56. The third kappa shape index (κ3) is 4.63. The first-order valence-electron chi connectivity index (χ1n) is 10.0. The standard InChI is InChI=1S/C23H20ClN5O4/c1-14-6-7-16(11-18(14)24)27-19(30)13-28-21-20(25-8-9-26-21)22(31)29(23(28)32)12-15-4-3-5-17(10-15)33-2/h3-11H,12-13H2,1-2H3,(H,27,30). The molecule has 0 saturated heterocycles. The maximum Gasteiger partial charge on any atom is 0.333 e. The molecular weight excluding hydrogens is 446 g/mol. The van der Waals surface area contributed by atoms with Gasteiger partial charge in [-0.1, -0.05) is 29.8 Å². The van der Waals surface area contributed by atoms with Gasteiger partial charge in [-0.3, -0.25) is 18.7 Å². The lowest BCUT2D eigenvalue weighted by molar-refractivity contribution is -0.116. The van der Waals surface area contributed by atoms with Gasteiger partial charge in [-0.15, -0.1) is 0 Å². The Kier molecular flexibility index (Phi) is 6.23. The van der Waals surface area contributed by atoms with Gasteiger partial charge in [0, 0.05) is 23.1 Å². The summed E-state index contributed by atoms with van der Waals surface area (Å²) >= 11 is 6.13. The van der Waals surface area contributed by atoms with Gasteiger partial charge < -0.3 is 10.1 Å². The van der Waals surface area contributed by atoms with Crippen molar-refractivity contribution in [3.63, 3.8) is 0 Å². The van der Waals surface area contributed by atoms with Gasteiger partial charge in [0.15, 0.2) is 11.2 Å². The molecule has 0 aliphatic heterocycles. The fraction of sp³-hybridized carbons (Fsp3) is 0.174. The molecule has 0 fully saturated rings. The van der Waals surface area contributed by atoms with Crippen LogP contribution in [0, 0.1) is 6.92 Å². The summed E-state index contributed by atoms with van der Waals surface area (Å²) in [6.07, 6.45) is 2.73. The summed E-state index contributed by atoms with van der Waals surface area (Å²) in [5, 5.41) is 3.22. The highest BCUT2D eigenvalue weighted by molar-refractivity contribution is 6.31. The van der Waals surface area contributed by atoms with Gasteiger partial charge in [0.05, 0.1) is 13.7 Å². The number of aryl methyl sites for hydroxylation is 1. The lowest BCUT2D eigenvalue weighted by Gasteiger charge is -2.13. The summed E-state index contributed by atoms with van der Waals surface area (Å²) in [7, 11) is 1.53. The summed E-state index contributed by atoms with van der Waals surface area (Å²) < 4.78 is 7.38. The molecule has 0 atom stereocenters. The maximum absolute atomic E-state index is 13.3. The Morgan fingerprint density at radius 1 is 1.09 bits per heavy atom. The average Bonchev–Trinajstić information content (AvgIpc) is 2.82. The molecule has 2 heterocycles. The van der Waals surface area contributed by atoms with Crippen LogP contribution in [0.15, 0.2) is 64.4 Å². The Hall–Kier alpha value is -3.98. The van der Waals surface area contributed by atoms with Crippen LogP contribution in [0.2, 0.25) is 5.02 Å². The van der Waals surface area contributed by atoms with Crippen molar-refractivity contribution in [2.24, 2.45) is 0 Å². The van der Waals surface area contributed by atoms with E-state index in [1.54, 1.807) is 42.5 Å². The molecule has 0 radical (unpaired) electrons. The Bertz CT molecular complexity index is 1480. The van der Waals surface area contributed by atoms with E-state index in [0.717, 1.165) is 14.7 Å². The van der Waals surface area contributed by atoms with Crippen molar-refractivity contribution in [3.8, 4) is 5.75 Å². The van der Waals surface area contributed by atoms with Gasteiger partial charge in [-0.05, 0) is 42.3 Å². The molecule has 1 amide bonds. The second-order valence-corrected chi connectivity index (χ2v) is 7.76. The number of halogens is 1. The van der Waals surface area contributed by atoms with Gasteiger partial charge >= 0.3 is 5.69 Å². The van der Waals surface area contributed by atoms with Crippen LogP contribution in [0.1, 0.15) is 11.1 Å². The van der Waals surface area contributed by atoms with Gasteiger partial charge in [-0.25, -0.2) is 14.8 Å². The molecule has 9 nitrogen and oxygen atoms in total. The number of nitrogens with one attached hydrogen (secondary N) is 1. The van der Waals surface area contributed by atoms with E-state index >= 15 is 0 Å². The fourth-order valence-electron chi connectivity index (χ4n) is 3.38. The molecule has 0 spiro atoms. The van der Waals surface area contributed by atoms with Crippen molar-refractivity contribution in [1.82, 2.24) is 19.1 Å². The topological polar surface area (TPSA) is 108 Å². The zero-order chi connectivity index (χ0) is 23.5. The molecule has 4 aromatic rings. The van der Waals surface area contributed by atoms with Gasteiger partial charge in [-0.2, -0.15) is 0 Å². The summed E-state index contributed by atoms with van der Waals surface area (Å²) in [6, 6.07) is 12.1. The maximum atomic E-state index is 13.3. The molecule has 2 aromatic carbocycles. The second-order valence-electron chi connectivity index (χ2n) is 7.35. The Morgan fingerprint density at radius 3 is 2.64 bits per heavy atom. The average molecular weight is 466 g/mol. The molecule has 0 unspecified atom stereocenters. The van der Waals surface area contributed by atoms with E-state index in [-0.39, 0.29) is 24.3 Å². The highest BCUT2D eigenvalue weighted by Gasteiger charge is 2.18. The molecule has 2 aromatic heterocycles. The Morgan fingerprint density at radius 2 is 1.88 bits per heavy atom. The number of anilines is 1. The third-order valence-corrected chi connectivity index (χ3v) is 5.48. The van der Waals surface area contributed by atoms with E-state index in [0.29, 0.717) is 22.0 Å². The van der Waals surface area contributed by atoms with Gasteiger partial charge in [0.2, 0.25) is 5.91 Å². The summed E-state index contributed by atoms with van der Waals surface area (Å²) in [4.78, 5) is 47.3. The number of carbonyl (C=O) groups is 1. The minimum Gasteiger partial charge on any atom is -0.497 e. The van der Waals surface area contributed by atoms with Crippen LogP contribution in [0.4, 0.5) is 5.69 Å². The lowest BCUT2D eigenvalue weighted by Crippen LogP contribution is -2.42. The molecule has 168 valence electrons. The molecule has 10 heteroatoms. The third-order valence-electron chi connectivity index (χ3n) is 5.08. The molecular formula is C23H20ClN5O4. The summed E-state index contributed by atoms with van der Waals surface area (Å²) in [5.41, 5.74) is 0.807. The molecule has 1 N–H and O–H groups in total. The number of rotatable bonds is 6. The number of nitrogens with zero attached hydrogens (tertiary/aromatic N) is 4. The van der Waals surface area contributed by atoms with Crippen molar-refractivity contribution in [2.45, 2.75) is 20.0 Å². The molecule has 0 bridgehead atoms. The number of amides is 1. The molecule has 0 saturated carbocycles. The minimum atomic E-state index is -0.673. The normalized spacial score (nSPS) is 10.9.